The van der Waals surface area contributed by atoms with Crippen LogP contribution in [0.2, 0.25) is 0 Å². The van der Waals surface area contributed by atoms with Gasteiger partial charge in [0.05, 0.1) is 13.2 Å². The van der Waals surface area contributed by atoms with Crippen molar-refractivity contribution < 1.29 is 19.1 Å². The molecule has 0 aromatic heterocycles. The largest absolute Gasteiger partial charge is 0.465 e. The van der Waals surface area contributed by atoms with Gasteiger partial charge in [-0.3, -0.25) is 9.59 Å². The highest BCUT2D eigenvalue weighted by Gasteiger charge is 2.44. The first kappa shape index (κ1) is 17.3. The number of ether oxygens (including phenoxy) is 2. The number of hydrogen-bond acceptors (Lipinski definition) is 5. The second-order valence-electron chi connectivity index (χ2n) is 4.71. The van der Waals surface area contributed by atoms with Gasteiger partial charge in [-0.05, 0) is 32.9 Å². The van der Waals surface area contributed by atoms with Crippen LogP contribution in [0.25, 0.3) is 0 Å². The van der Waals surface area contributed by atoms with E-state index in [0.29, 0.717) is 5.25 Å². The number of carbonyl (C=O) groups is 2. The van der Waals surface area contributed by atoms with Crippen molar-refractivity contribution in [2.45, 2.75) is 51.5 Å². The van der Waals surface area contributed by atoms with Crippen LogP contribution >= 0.6 is 11.8 Å². The number of hydrogen-bond donors (Lipinski definition) is 0. The van der Waals surface area contributed by atoms with Crippen molar-refractivity contribution in [3.05, 3.63) is 0 Å². The third-order valence-electron chi connectivity index (χ3n) is 2.28. The second-order valence-corrected chi connectivity index (χ2v) is 6.94. The molecule has 0 aliphatic carbocycles. The minimum atomic E-state index is -0.884. The summed E-state index contributed by atoms with van der Waals surface area (Å²) in [7, 11) is 0. The van der Waals surface area contributed by atoms with Crippen molar-refractivity contribution in [3.8, 4) is 0 Å². The summed E-state index contributed by atoms with van der Waals surface area (Å²) in [6.45, 7) is 11.8. The van der Waals surface area contributed by atoms with Gasteiger partial charge in [-0.25, -0.2) is 0 Å². The Hall–Kier alpha value is -0.710. The van der Waals surface area contributed by atoms with E-state index < -0.39 is 22.6 Å². The first-order chi connectivity index (χ1) is 8.26. The third kappa shape index (κ3) is 5.29. The molecule has 0 radical (unpaired) electrons. The Bertz CT molecular complexity index is 269. The predicted octanol–water partition coefficient (Wildman–Crippen LogP) is 2.65. The minimum Gasteiger partial charge on any atom is -0.465 e. The maximum atomic E-state index is 12.0. The van der Waals surface area contributed by atoms with Crippen molar-refractivity contribution >= 4 is 23.7 Å². The quantitative estimate of drug-likeness (QED) is 0.528. The second kappa shape index (κ2) is 7.67. The standard InChI is InChI=1S/C13H24O4S/c1-7-16-11(14)10(12(15)17-8-2)13(5,6)18-9(3)4/h9-10H,7-8H2,1-6H3. The summed E-state index contributed by atoms with van der Waals surface area (Å²) in [6.07, 6.45) is 0. The molecule has 0 unspecified atom stereocenters. The number of carbonyl (C=O) groups excluding carboxylic acids is 2. The molecular formula is C13H24O4S. The highest BCUT2D eigenvalue weighted by Crippen LogP contribution is 2.37. The number of esters is 2. The van der Waals surface area contributed by atoms with E-state index in [9.17, 15) is 9.59 Å². The maximum absolute atomic E-state index is 12.0. The summed E-state index contributed by atoms with van der Waals surface area (Å²) < 4.78 is 9.42. The van der Waals surface area contributed by atoms with E-state index in [0.717, 1.165) is 0 Å². The van der Waals surface area contributed by atoms with E-state index in [2.05, 4.69) is 0 Å². The molecule has 0 spiro atoms. The van der Waals surface area contributed by atoms with Crippen molar-refractivity contribution in [1.29, 1.82) is 0 Å². The van der Waals surface area contributed by atoms with E-state index in [-0.39, 0.29) is 13.2 Å². The first-order valence-corrected chi connectivity index (χ1v) is 7.15. The van der Waals surface area contributed by atoms with Crippen molar-refractivity contribution in [1.82, 2.24) is 0 Å². The summed E-state index contributed by atoms with van der Waals surface area (Å²) in [5.41, 5.74) is 0. The third-order valence-corrected chi connectivity index (χ3v) is 3.59. The molecular weight excluding hydrogens is 252 g/mol. The summed E-state index contributed by atoms with van der Waals surface area (Å²) >= 11 is 1.57. The Morgan fingerprint density at radius 1 is 1.06 bits per heavy atom. The molecule has 0 fully saturated rings. The van der Waals surface area contributed by atoms with E-state index in [1.807, 2.05) is 27.7 Å². The molecule has 0 bridgehead atoms. The zero-order valence-corrected chi connectivity index (χ0v) is 12.9. The average molecular weight is 276 g/mol. The molecule has 0 aromatic rings. The highest BCUT2D eigenvalue weighted by atomic mass is 32.2. The maximum Gasteiger partial charge on any atom is 0.321 e. The first-order valence-electron chi connectivity index (χ1n) is 6.27. The van der Waals surface area contributed by atoms with Crippen LogP contribution in [0.3, 0.4) is 0 Å². The summed E-state index contributed by atoms with van der Waals surface area (Å²) in [5, 5.41) is 0.311. The summed E-state index contributed by atoms with van der Waals surface area (Å²) in [5.74, 6) is -1.90. The SMILES string of the molecule is CCOC(=O)C(C(=O)OCC)C(C)(C)SC(C)C. The molecule has 0 rings (SSSR count). The van der Waals surface area contributed by atoms with Gasteiger partial charge in [0.2, 0.25) is 0 Å². The van der Waals surface area contributed by atoms with E-state index in [1.165, 1.54) is 0 Å². The average Bonchev–Trinajstić information content (AvgIpc) is 2.15. The molecule has 0 aliphatic heterocycles. The van der Waals surface area contributed by atoms with E-state index in [1.54, 1.807) is 25.6 Å². The van der Waals surface area contributed by atoms with Gasteiger partial charge in [-0.2, -0.15) is 11.8 Å². The Morgan fingerprint density at radius 3 is 1.72 bits per heavy atom. The van der Waals surface area contributed by atoms with Gasteiger partial charge in [0.25, 0.3) is 0 Å². The Kier molecular flexibility index (Phi) is 7.36. The van der Waals surface area contributed by atoms with Gasteiger partial charge in [0, 0.05) is 4.75 Å². The van der Waals surface area contributed by atoms with Crippen LogP contribution in [0.4, 0.5) is 0 Å². The van der Waals surface area contributed by atoms with Gasteiger partial charge in [0.15, 0.2) is 5.92 Å². The molecule has 4 nitrogen and oxygen atoms in total. The molecule has 0 atom stereocenters. The lowest BCUT2D eigenvalue weighted by Gasteiger charge is -2.31. The normalized spacial score (nSPS) is 11.8. The molecule has 0 aromatic carbocycles. The Balaban J connectivity index is 5.06. The number of rotatable bonds is 7. The minimum absolute atomic E-state index is 0.261. The van der Waals surface area contributed by atoms with Crippen molar-refractivity contribution in [2.24, 2.45) is 5.92 Å². The van der Waals surface area contributed by atoms with Gasteiger partial charge in [-0.15, -0.1) is 0 Å². The Labute approximate surface area is 114 Å². The number of thioether (sulfide) groups is 1. The van der Waals surface area contributed by atoms with Crippen molar-refractivity contribution in [3.63, 3.8) is 0 Å². The topological polar surface area (TPSA) is 52.6 Å². The monoisotopic (exact) mass is 276 g/mol. The van der Waals surface area contributed by atoms with Crippen LogP contribution in [0.1, 0.15) is 41.5 Å². The molecule has 0 saturated carbocycles. The zero-order chi connectivity index (χ0) is 14.3. The fraction of sp³-hybridized carbons (Fsp3) is 0.846. The Morgan fingerprint density at radius 2 is 1.44 bits per heavy atom. The van der Waals surface area contributed by atoms with Crippen LogP contribution in [-0.4, -0.2) is 35.1 Å². The van der Waals surface area contributed by atoms with Crippen LogP contribution in [0.15, 0.2) is 0 Å². The molecule has 18 heavy (non-hydrogen) atoms. The van der Waals surface area contributed by atoms with Crippen LogP contribution in [0.5, 0.6) is 0 Å². The molecule has 0 aliphatic rings. The zero-order valence-electron chi connectivity index (χ0n) is 12.1. The van der Waals surface area contributed by atoms with Gasteiger partial charge < -0.3 is 9.47 Å². The fourth-order valence-electron chi connectivity index (χ4n) is 1.79. The van der Waals surface area contributed by atoms with E-state index >= 15 is 0 Å². The predicted molar refractivity (Wildman–Crippen MR) is 73.6 cm³/mol. The van der Waals surface area contributed by atoms with Crippen LogP contribution in [-0.2, 0) is 19.1 Å². The lowest BCUT2D eigenvalue weighted by atomic mass is 9.95. The summed E-state index contributed by atoms with van der Waals surface area (Å²) in [4.78, 5) is 23.9. The van der Waals surface area contributed by atoms with Gasteiger partial charge >= 0.3 is 11.9 Å². The lowest BCUT2D eigenvalue weighted by Crippen LogP contribution is -2.43. The van der Waals surface area contributed by atoms with Crippen LogP contribution < -0.4 is 0 Å². The van der Waals surface area contributed by atoms with Crippen LogP contribution in [0, 0.1) is 5.92 Å². The fourth-order valence-corrected chi connectivity index (χ4v) is 3.33. The molecule has 0 saturated heterocycles. The van der Waals surface area contributed by atoms with Gasteiger partial charge in [0.1, 0.15) is 0 Å². The summed E-state index contributed by atoms with van der Waals surface area (Å²) in [6, 6.07) is 0. The highest BCUT2D eigenvalue weighted by molar-refractivity contribution is 8.01. The lowest BCUT2D eigenvalue weighted by molar-refractivity contribution is -0.162. The van der Waals surface area contributed by atoms with E-state index in [4.69, 9.17) is 9.47 Å². The molecule has 0 N–H and O–H groups in total. The molecule has 5 heteroatoms. The van der Waals surface area contributed by atoms with Gasteiger partial charge in [-0.1, -0.05) is 13.8 Å². The molecule has 0 amide bonds. The van der Waals surface area contributed by atoms with Crippen molar-refractivity contribution in [2.75, 3.05) is 13.2 Å². The molecule has 0 heterocycles. The molecule has 106 valence electrons. The smallest absolute Gasteiger partial charge is 0.321 e.